The molecule has 1 fully saturated rings. The quantitative estimate of drug-likeness (QED) is 0.628. The average molecular weight is 192 g/mol. The second kappa shape index (κ2) is 5.07. The maximum Gasteiger partial charge on any atom is 0.141 e. The van der Waals surface area contributed by atoms with Gasteiger partial charge in [-0.1, -0.05) is 0 Å². The third kappa shape index (κ3) is 3.31. The van der Waals surface area contributed by atoms with Crippen LogP contribution >= 0.6 is 0 Å². The van der Waals surface area contributed by atoms with Crippen molar-refractivity contribution < 1.29 is 9.18 Å². The van der Waals surface area contributed by atoms with Crippen LogP contribution < -0.4 is 0 Å². The van der Waals surface area contributed by atoms with Crippen molar-refractivity contribution in [3.05, 3.63) is 30.3 Å². The number of carbonyl (C=O) groups excluding carboxylic acids is 1. The summed E-state index contributed by atoms with van der Waals surface area (Å²) < 4.78 is 11.8. The van der Waals surface area contributed by atoms with Crippen molar-refractivity contribution in [3.8, 4) is 6.07 Å². The van der Waals surface area contributed by atoms with Crippen LogP contribution in [0.15, 0.2) is 24.5 Å². The van der Waals surface area contributed by atoms with Gasteiger partial charge in [-0.25, -0.2) is 4.39 Å². The van der Waals surface area contributed by atoms with Crippen molar-refractivity contribution in [1.29, 1.82) is 5.26 Å². The lowest BCUT2D eigenvalue weighted by Crippen LogP contribution is -2.20. The van der Waals surface area contributed by atoms with Crippen LogP contribution in [0, 0.1) is 23.1 Å². The zero-order valence-corrected chi connectivity index (χ0v) is 7.48. The number of carbonyl (C=O) groups is 1. The summed E-state index contributed by atoms with van der Waals surface area (Å²) in [5, 5.41) is 8.10. The predicted octanol–water partition coefficient (Wildman–Crippen LogP) is 1.71. The van der Waals surface area contributed by atoms with Gasteiger partial charge in [-0.15, -0.1) is 0 Å². The first-order valence-electron chi connectivity index (χ1n) is 4.19. The molecule has 14 heavy (non-hydrogen) atoms. The monoisotopic (exact) mass is 192 g/mol. The molecule has 0 aromatic carbocycles. The lowest BCUT2D eigenvalue weighted by Gasteiger charge is -2.14. The van der Waals surface area contributed by atoms with Crippen LogP contribution in [0.25, 0.3) is 0 Å². The number of ketones is 1. The Kier molecular flexibility index (Phi) is 3.74. The van der Waals surface area contributed by atoms with Gasteiger partial charge in [0, 0.05) is 19.0 Å². The Hall–Kier alpha value is -1.76. The maximum atomic E-state index is 11.8. The number of halogens is 1. The molecule has 1 aromatic rings. The molecule has 0 radical (unpaired) electrons. The molecule has 0 amide bonds. The molecule has 2 rings (SSSR count). The van der Waals surface area contributed by atoms with E-state index in [2.05, 4.69) is 4.98 Å². The Bertz CT molecular complexity index is 337. The van der Waals surface area contributed by atoms with Crippen LogP contribution in [-0.4, -0.2) is 10.8 Å². The van der Waals surface area contributed by atoms with Gasteiger partial charge in [-0.2, -0.15) is 5.26 Å². The molecule has 0 saturated heterocycles. The van der Waals surface area contributed by atoms with Crippen LogP contribution in [0.4, 0.5) is 4.39 Å². The zero-order valence-electron chi connectivity index (χ0n) is 7.48. The zero-order chi connectivity index (χ0) is 10.4. The largest absolute Gasteiger partial charge is 0.300 e. The summed E-state index contributed by atoms with van der Waals surface area (Å²) in [7, 11) is 0. The van der Waals surface area contributed by atoms with Gasteiger partial charge in [0.15, 0.2) is 0 Å². The number of nitrogens with zero attached hydrogens (tertiary/aromatic N) is 2. The molecule has 0 N–H and O–H groups in total. The highest BCUT2D eigenvalue weighted by Gasteiger charge is 2.25. The summed E-state index contributed by atoms with van der Waals surface area (Å²) in [6.45, 7) is 0. The van der Waals surface area contributed by atoms with Crippen molar-refractivity contribution in [3.63, 3.8) is 0 Å². The maximum absolute atomic E-state index is 11.8. The number of Topliss-reactive ketones (excluding diaryl/α,β-unsaturated/α-hetero) is 1. The summed E-state index contributed by atoms with van der Waals surface area (Å²) in [4.78, 5) is 13.6. The van der Waals surface area contributed by atoms with E-state index in [4.69, 9.17) is 5.26 Å². The van der Waals surface area contributed by atoms with Crippen LogP contribution in [0.5, 0.6) is 0 Å². The van der Waals surface area contributed by atoms with E-state index in [9.17, 15) is 9.18 Å². The van der Waals surface area contributed by atoms with Gasteiger partial charge < -0.3 is 0 Å². The topological polar surface area (TPSA) is 53.8 Å². The first-order valence-corrected chi connectivity index (χ1v) is 4.19. The molecular weight excluding hydrogens is 183 g/mol. The van der Waals surface area contributed by atoms with E-state index in [-0.39, 0.29) is 17.5 Å². The van der Waals surface area contributed by atoms with Crippen molar-refractivity contribution in [1.82, 2.24) is 4.98 Å². The van der Waals surface area contributed by atoms with Crippen molar-refractivity contribution >= 4 is 5.78 Å². The number of hydrogen-bond acceptors (Lipinski definition) is 3. The molecule has 0 bridgehead atoms. The molecule has 72 valence electrons. The van der Waals surface area contributed by atoms with Gasteiger partial charge in [0.1, 0.15) is 11.6 Å². The highest BCUT2D eigenvalue weighted by Crippen LogP contribution is 2.20. The Morgan fingerprint density at radius 3 is 2.50 bits per heavy atom. The minimum atomic E-state index is -0.289. The second-order valence-corrected chi connectivity index (χ2v) is 2.94. The minimum Gasteiger partial charge on any atom is -0.300 e. The molecule has 1 heterocycles. The first-order chi connectivity index (χ1) is 6.72. The molecule has 0 aliphatic heterocycles. The number of rotatable bonds is 0. The van der Waals surface area contributed by atoms with Gasteiger partial charge in [0.2, 0.25) is 0 Å². The van der Waals surface area contributed by atoms with Crippen LogP contribution in [0.3, 0.4) is 0 Å². The molecule has 1 aromatic heterocycles. The number of hydrogen-bond donors (Lipinski definition) is 0. The first kappa shape index (κ1) is 10.3. The van der Waals surface area contributed by atoms with E-state index in [0.29, 0.717) is 12.8 Å². The highest BCUT2D eigenvalue weighted by molar-refractivity contribution is 5.85. The molecule has 4 heteroatoms. The highest BCUT2D eigenvalue weighted by atomic mass is 19.1. The van der Waals surface area contributed by atoms with Gasteiger partial charge >= 0.3 is 0 Å². The Morgan fingerprint density at radius 2 is 2.29 bits per heavy atom. The Morgan fingerprint density at radius 1 is 1.57 bits per heavy atom. The smallest absolute Gasteiger partial charge is 0.141 e. The third-order valence-corrected chi connectivity index (χ3v) is 1.76. The fraction of sp³-hybridized carbons (Fsp3) is 0.300. The summed E-state index contributed by atoms with van der Waals surface area (Å²) in [5.41, 5.74) is 0. The normalized spacial score (nSPS) is 14.7. The summed E-state index contributed by atoms with van der Waals surface area (Å²) in [6.07, 6.45) is 3.69. The third-order valence-electron chi connectivity index (χ3n) is 1.76. The van der Waals surface area contributed by atoms with Crippen LogP contribution in [-0.2, 0) is 4.79 Å². The van der Waals surface area contributed by atoms with E-state index in [1.165, 1.54) is 18.5 Å². The molecule has 1 aliphatic rings. The minimum absolute atomic E-state index is 0.0486. The van der Waals surface area contributed by atoms with Gasteiger partial charge in [0.25, 0.3) is 0 Å². The Labute approximate surface area is 81.2 Å². The van der Waals surface area contributed by atoms with E-state index in [0.717, 1.165) is 0 Å². The van der Waals surface area contributed by atoms with Crippen molar-refractivity contribution in [2.75, 3.05) is 0 Å². The second-order valence-electron chi connectivity index (χ2n) is 2.94. The lowest BCUT2D eigenvalue weighted by molar-refractivity contribution is -0.125. The fourth-order valence-electron chi connectivity index (χ4n) is 0.923. The number of aromatic nitrogens is 1. The van der Waals surface area contributed by atoms with E-state index >= 15 is 0 Å². The van der Waals surface area contributed by atoms with Crippen molar-refractivity contribution in [2.45, 2.75) is 12.8 Å². The SMILES string of the molecule is Fc1cccnc1.N#CC1CC(=O)C1. The van der Waals surface area contributed by atoms with E-state index in [1.54, 1.807) is 6.07 Å². The number of nitriles is 1. The lowest BCUT2D eigenvalue weighted by atomic mass is 9.86. The molecule has 1 aliphatic carbocycles. The van der Waals surface area contributed by atoms with E-state index < -0.39 is 0 Å². The van der Waals surface area contributed by atoms with Gasteiger partial charge in [-0.05, 0) is 12.1 Å². The number of pyridine rings is 1. The standard InChI is InChI=1S/C5H4FN.C5H5NO/c6-5-2-1-3-7-4-5;6-3-4-1-5(7)2-4/h1-4H;4H,1-2H2. The van der Waals surface area contributed by atoms with Crippen LogP contribution in [0.1, 0.15) is 12.8 Å². The Balaban J connectivity index is 0.000000140. The van der Waals surface area contributed by atoms with Gasteiger partial charge in [-0.3, -0.25) is 9.78 Å². The fourth-order valence-corrected chi connectivity index (χ4v) is 0.923. The molecule has 3 nitrogen and oxygen atoms in total. The van der Waals surface area contributed by atoms with Gasteiger partial charge in [0.05, 0.1) is 18.2 Å². The summed E-state index contributed by atoms with van der Waals surface area (Å²) in [6, 6.07) is 4.92. The molecule has 0 unspecified atom stereocenters. The molecule has 0 atom stereocenters. The molecule has 1 saturated carbocycles. The predicted molar refractivity (Wildman–Crippen MR) is 47.5 cm³/mol. The summed E-state index contributed by atoms with van der Waals surface area (Å²) >= 11 is 0. The summed E-state index contributed by atoms with van der Waals surface area (Å²) in [5.74, 6) is -0.0125. The molecule has 0 spiro atoms. The van der Waals surface area contributed by atoms with Crippen molar-refractivity contribution in [2.24, 2.45) is 5.92 Å². The average Bonchev–Trinajstić information content (AvgIpc) is 2.15. The van der Waals surface area contributed by atoms with Crippen LogP contribution in [0.2, 0.25) is 0 Å². The molecular formula is C10H9FN2O. The van der Waals surface area contributed by atoms with E-state index in [1.807, 2.05) is 6.07 Å².